The van der Waals surface area contributed by atoms with Crippen LogP contribution in [0.25, 0.3) is 0 Å². The van der Waals surface area contributed by atoms with E-state index in [2.05, 4.69) is 0 Å². The molecule has 0 bridgehead atoms. The van der Waals surface area contributed by atoms with Crippen LogP contribution in [0.1, 0.15) is 33.4 Å². The summed E-state index contributed by atoms with van der Waals surface area (Å²) in [6.07, 6.45) is -0.0124. The second kappa shape index (κ2) is 3.80. The number of allylic oxidation sites excluding steroid dienone is 2. The summed E-state index contributed by atoms with van der Waals surface area (Å²) in [7, 11) is 0. The Morgan fingerprint density at radius 2 is 2.18 bits per heavy atom. The molecule has 1 aromatic heterocycles. The number of ketones is 2. The molecule has 2 aliphatic rings. The summed E-state index contributed by atoms with van der Waals surface area (Å²) in [5, 5.41) is 11.3. The van der Waals surface area contributed by atoms with Crippen molar-refractivity contribution < 1.29 is 14.7 Å². The Morgan fingerprint density at radius 3 is 2.88 bits per heavy atom. The third kappa shape index (κ3) is 1.53. The van der Waals surface area contributed by atoms with Crippen molar-refractivity contribution >= 4 is 34.7 Å². The molecule has 2 heterocycles. The lowest BCUT2D eigenvalue weighted by Gasteiger charge is -2.11. The third-order valence-corrected chi connectivity index (χ3v) is 5.53. The lowest BCUT2D eigenvalue weighted by Crippen LogP contribution is -2.18. The summed E-state index contributed by atoms with van der Waals surface area (Å²) in [4.78, 5) is 25.4. The summed E-state index contributed by atoms with van der Waals surface area (Å²) >= 11 is 2.66. The zero-order chi connectivity index (χ0) is 12.2. The fraction of sp³-hybridized carbons (Fsp3) is 0.333. The zero-order valence-corrected chi connectivity index (χ0v) is 10.7. The van der Waals surface area contributed by atoms with E-state index >= 15 is 0 Å². The molecule has 1 aromatic rings. The molecule has 0 fully saturated rings. The molecule has 2 unspecified atom stereocenters. The van der Waals surface area contributed by atoms with E-state index in [0.29, 0.717) is 27.3 Å². The Morgan fingerprint density at radius 1 is 1.41 bits per heavy atom. The van der Waals surface area contributed by atoms with Gasteiger partial charge in [-0.25, -0.2) is 0 Å². The SMILES string of the molecule is CC(O)C1CC2=C(S1)C(=O)c1sccc1C2=O. The van der Waals surface area contributed by atoms with Crippen LogP contribution < -0.4 is 0 Å². The van der Waals surface area contributed by atoms with Gasteiger partial charge in [-0.3, -0.25) is 9.59 Å². The van der Waals surface area contributed by atoms with Crippen molar-refractivity contribution in [1.82, 2.24) is 0 Å². The van der Waals surface area contributed by atoms with Crippen molar-refractivity contribution in [3.8, 4) is 0 Å². The molecule has 5 heteroatoms. The first-order chi connectivity index (χ1) is 8.09. The largest absolute Gasteiger partial charge is 0.392 e. The van der Waals surface area contributed by atoms with Crippen LogP contribution in [0.15, 0.2) is 21.9 Å². The van der Waals surface area contributed by atoms with Gasteiger partial charge in [0.1, 0.15) is 0 Å². The highest BCUT2D eigenvalue weighted by Gasteiger charge is 2.40. The maximum absolute atomic E-state index is 12.2. The topological polar surface area (TPSA) is 54.4 Å². The van der Waals surface area contributed by atoms with E-state index in [0.717, 1.165) is 0 Å². The minimum absolute atomic E-state index is 0.0356. The Kier molecular flexibility index (Phi) is 2.50. The van der Waals surface area contributed by atoms with Gasteiger partial charge in [0.05, 0.1) is 15.9 Å². The van der Waals surface area contributed by atoms with Gasteiger partial charge in [-0.15, -0.1) is 23.1 Å². The van der Waals surface area contributed by atoms with Crippen LogP contribution in [0.5, 0.6) is 0 Å². The zero-order valence-electron chi connectivity index (χ0n) is 9.10. The number of thioether (sulfide) groups is 1. The van der Waals surface area contributed by atoms with E-state index in [1.165, 1.54) is 23.1 Å². The highest BCUT2D eigenvalue weighted by Crippen LogP contribution is 2.46. The van der Waals surface area contributed by atoms with E-state index in [4.69, 9.17) is 0 Å². The molecule has 0 spiro atoms. The van der Waals surface area contributed by atoms with E-state index in [-0.39, 0.29) is 16.8 Å². The van der Waals surface area contributed by atoms with Gasteiger partial charge < -0.3 is 5.11 Å². The van der Waals surface area contributed by atoms with Gasteiger partial charge in [0, 0.05) is 16.4 Å². The molecule has 88 valence electrons. The number of carbonyl (C=O) groups is 2. The van der Waals surface area contributed by atoms with Crippen molar-refractivity contribution in [1.29, 1.82) is 0 Å². The number of rotatable bonds is 1. The number of Topliss-reactive ketones (excluding diaryl/α,β-unsaturated/α-hetero) is 2. The van der Waals surface area contributed by atoms with E-state index < -0.39 is 6.10 Å². The van der Waals surface area contributed by atoms with E-state index in [9.17, 15) is 14.7 Å². The number of aliphatic hydroxyl groups excluding tert-OH is 1. The quantitative estimate of drug-likeness (QED) is 0.847. The minimum atomic E-state index is -0.510. The molecule has 3 nitrogen and oxygen atoms in total. The molecule has 0 amide bonds. The third-order valence-electron chi connectivity index (χ3n) is 3.08. The Hall–Kier alpha value is -0.910. The Bertz CT molecular complexity index is 511. The summed E-state index contributed by atoms with van der Waals surface area (Å²) in [5.41, 5.74) is 1.13. The standard InChI is InChI=1S/C12H10O3S2/c1-5(13)8-4-7-9(14)6-2-3-16-11(6)10(15)12(7)17-8/h2-3,5,8,13H,4H2,1H3. The molecule has 1 N–H and O–H groups in total. The second-order valence-electron chi connectivity index (χ2n) is 4.23. The van der Waals surface area contributed by atoms with Gasteiger partial charge in [0.15, 0.2) is 5.78 Å². The molecule has 0 radical (unpaired) electrons. The predicted octanol–water partition coefficient (Wildman–Crippen LogP) is 2.27. The highest BCUT2D eigenvalue weighted by molar-refractivity contribution is 8.05. The molecule has 3 rings (SSSR count). The van der Waals surface area contributed by atoms with Crippen molar-refractivity contribution in [2.75, 3.05) is 0 Å². The fourth-order valence-electron chi connectivity index (χ4n) is 2.14. The number of aliphatic hydroxyl groups is 1. The minimum Gasteiger partial charge on any atom is -0.392 e. The number of hydrogen-bond donors (Lipinski definition) is 1. The van der Waals surface area contributed by atoms with Crippen LogP contribution >= 0.6 is 23.1 Å². The molecule has 2 atom stereocenters. The van der Waals surface area contributed by atoms with Gasteiger partial charge in [-0.1, -0.05) is 0 Å². The van der Waals surface area contributed by atoms with Gasteiger partial charge >= 0.3 is 0 Å². The van der Waals surface area contributed by atoms with Gasteiger partial charge in [-0.2, -0.15) is 0 Å². The molecular weight excluding hydrogens is 256 g/mol. The molecular formula is C12H10O3S2. The Balaban J connectivity index is 2.04. The van der Waals surface area contributed by atoms with Crippen LogP contribution in [0.2, 0.25) is 0 Å². The first kappa shape index (κ1) is 11.2. The van der Waals surface area contributed by atoms with Crippen molar-refractivity contribution in [2.45, 2.75) is 24.7 Å². The fourth-order valence-corrected chi connectivity index (χ4v) is 4.32. The Labute approximate surface area is 107 Å². The van der Waals surface area contributed by atoms with Crippen LogP contribution in [0, 0.1) is 0 Å². The van der Waals surface area contributed by atoms with Crippen LogP contribution in [-0.4, -0.2) is 28.0 Å². The van der Waals surface area contributed by atoms with Crippen molar-refractivity contribution in [2.24, 2.45) is 0 Å². The molecule has 1 aliphatic heterocycles. The average Bonchev–Trinajstić information content (AvgIpc) is 2.92. The summed E-state index contributed by atoms with van der Waals surface area (Å²) in [5.74, 6) is -0.0794. The van der Waals surface area contributed by atoms with Crippen molar-refractivity contribution in [3.63, 3.8) is 0 Å². The van der Waals surface area contributed by atoms with Gasteiger partial charge in [0.2, 0.25) is 5.78 Å². The lowest BCUT2D eigenvalue weighted by atomic mass is 9.92. The molecule has 0 saturated carbocycles. The van der Waals surface area contributed by atoms with Crippen LogP contribution in [-0.2, 0) is 0 Å². The molecule has 1 aliphatic carbocycles. The lowest BCUT2D eigenvalue weighted by molar-refractivity contribution is 0.0982. The number of hydrogen-bond acceptors (Lipinski definition) is 5. The first-order valence-corrected chi connectivity index (χ1v) is 7.10. The predicted molar refractivity (Wildman–Crippen MR) is 67.7 cm³/mol. The van der Waals surface area contributed by atoms with E-state index in [1.54, 1.807) is 18.4 Å². The number of thiophene rings is 1. The smallest absolute Gasteiger partial charge is 0.210 e. The first-order valence-electron chi connectivity index (χ1n) is 5.34. The summed E-state index contributed by atoms with van der Waals surface area (Å²) < 4.78 is 0. The van der Waals surface area contributed by atoms with Crippen LogP contribution in [0.4, 0.5) is 0 Å². The van der Waals surface area contributed by atoms with Gasteiger partial charge in [-0.05, 0) is 24.8 Å². The maximum atomic E-state index is 12.2. The second-order valence-corrected chi connectivity index (χ2v) is 6.40. The summed E-state index contributed by atoms with van der Waals surface area (Å²) in [6, 6.07) is 1.71. The van der Waals surface area contributed by atoms with E-state index in [1.807, 2.05) is 0 Å². The molecule has 0 aromatic carbocycles. The molecule has 17 heavy (non-hydrogen) atoms. The summed E-state index contributed by atoms with van der Waals surface area (Å²) in [6.45, 7) is 1.70. The number of carbonyl (C=O) groups excluding carboxylic acids is 2. The molecule has 0 saturated heterocycles. The van der Waals surface area contributed by atoms with Crippen molar-refractivity contribution in [3.05, 3.63) is 32.4 Å². The normalized spacial score (nSPS) is 24.9. The highest BCUT2D eigenvalue weighted by atomic mass is 32.2. The maximum Gasteiger partial charge on any atom is 0.210 e. The number of fused-ring (bicyclic) bond motifs is 1. The van der Waals surface area contributed by atoms with Gasteiger partial charge in [0.25, 0.3) is 0 Å². The van der Waals surface area contributed by atoms with Crippen LogP contribution in [0.3, 0.4) is 0 Å². The monoisotopic (exact) mass is 266 g/mol. The average molecular weight is 266 g/mol.